The van der Waals surface area contributed by atoms with Crippen LogP contribution in [0.1, 0.15) is 47.0 Å². The fourth-order valence-electron chi connectivity index (χ4n) is 1.71. The van der Waals surface area contributed by atoms with Crippen LogP contribution in [-0.4, -0.2) is 28.6 Å². The lowest BCUT2D eigenvalue weighted by Gasteiger charge is -2.27. The molecule has 1 atom stereocenters. The summed E-state index contributed by atoms with van der Waals surface area (Å²) in [4.78, 5) is 14.3. The molecular weight excluding hydrogens is 218 g/mol. The van der Waals surface area contributed by atoms with Gasteiger partial charge in [0.15, 0.2) is 0 Å². The molecule has 1 unspecified atom stereocenters. The van der Waals surface area contributed by atoms with Gasteiger partial charge >= 0.3 is 0 Å². The van der Waals surface area contributed by atoms with E-state index in [1.807, 2.05) is 0 Å². The third-order valence-electron chi connectivity index (χ3n) is 3.10. The van der Waals surface area contributed by atoms with Gasteiger partial charge in [0.2, 0.25) is 5.91 Å². The number of rotatable bonds is 6. The summed E-state index contributed by atoms with van der Waals surface area (Å²) in [5.74, 6) is 1.21. The van der Waals surface area contributed by atoms with Crippen molar-refractivity contribution in [3.8, 4) is 0 Å². The molecule has 94 valence electrons. The fourth-order valence-corrected chi connectivity index (χ4v) is 1.86. The highest BCUT2D eigenvalue weighted by Crippen LogP contribution is 2.29. The smallest absolute Gasteiger partial charge is 0.235 e. The Bertz CT molecular complexity index is 236. The lowest BCUT2D eigenvalue weighted by atomic mass is 10.1. The van der Waals surface area contributed by atoms with Crippen molar-refractivity contribution < 1.29 is 4.79 Å². The van der Waals surface area contributed by atoms with Crippen molar-refractivity contribution in [3.05, 3.63) is 0 Å². The zero-order valence-corrected chi connectivity index (χ0v) is 11.8. The Kier molecular flexibility index (Phi) is 5.16. The van der Waals surface area contributed by atoms with Gasteiger partial charge in [-0.15, -0.1) is 0 Å². The second-order valence-corrected chi connectivity index (χ2v) is 6.19. The Morgan fingerprint density at radius 3 is 2.25 bits per heavy atom. The Hall–Kier alpha value is -0.180. The van der Waals surface area contributed by atoms with E-state index in [1.54, 1.807) is 0 Å². The summed E-state index contributed by atoms with van der Waals surface area (Å²) in [5, 5.41) is -0.132. The predicted molar refractivity (Wildman–Crippen MR) is 71.8 cm³/mol. The van der Waals surface area contributed by atoms with Crippen LogP contribution in [0.3, 0.4) is 0 Å². The average molecular weight is 243 g/mol. The van der Waals surface area contributed by atoms with Crippen molar-refractivity contribution in [2.24, 2.45) is 11.8 Å². The fraction of sp³-hybridized carbons (Fsp3) is 0.923. The van der Waals surface area contributed by atoms with Gasteiger partial charge < -0.3 is 4.90 Å². The Morgan fingerprint density at radius 1 is 1.31 bits per heavy atom. The molecule has 1 aliphatic rings. The standard InChI is InChI=1S/C13H25NOS/c1-9(2)7-8-14(11-5-6-11)13(15)12(16)10(3)4/h9-12,16H,5-8H2,1-4H3. The van der Waals surface area contributed by atoms with Gasteiger partial charge in [0.05, 0.1) is 5.25 Å². The van der Waals surface area contributed by atoms with Crippen LogP contribution in [0, 0.1) is 11.8 Å². The van der Waals surface area contributed by atoms with Crippen molar-refractivity contribution >= 4 is 18.5 Å². The molecule has 2 nitrogen and oxygen atoms in total. The summed E-state index contributed by atoms with van der Waals surface area (Å²) in [7, 11) is 0. The molecule has 0 radical (unpaired) electrons. The van der Waals surface area contributed by atoms with E-state index >= 15 is 0 Å². The molecule has 1 rings (SSSR count). The molecule has 0 aromatic carbocycles. The van der Waals surface area contributed by atoms with Crippen molar-refractivity contribution in [1.82, 2.24) is 4.90 Å². The van der Waals surface area contributed by atoms with Gasteiger partial charge in [-0.2, -0.15) is 12.6 Å². The normalized spacial score (nSPS) is 17.9. The molecule has 0 spiro atoms. The molecule has 1 saturated carbocycles. The minimum absolute atomic E-state index is 0.132. The second kappa shape index (κ2) is 5.95. The zero-order chi connectivity index (χ0) is 12.3. The van der Waals surface area contributed by atoms with Gasteiger partial charge in [-0.3, -0.25) is 4.79 Å². The molecule has 1 amide bonds. The van der Waals surface area contributed by atoms with Crippen LogP contribution >= 0.6 is 12.6 Å². The van der Waals surface area contributed by atoms with Crippen LogP contribution in [0.25, 0.3) is 0 Å². The minimum atomic E-state index is -0.132. The number of carbonyl (C=O) groups is 1. The Labute approximate surface area is 105 Å². The summed E-state index contributed by atoms with van der Waals surface area (Å²) in [6.45, 7) is 9.43. The van der Waals surface area contributed by atoms with Gasteiger partial charge in [0.25, 0.3) is 0 Å². The van der Waals surface area contributed by atoms with Crippen LogP contribution in [0.5, 0.6) is 0 Å². The predicted octanol–water partition coefficient (Wildman–Crippen LogP) is 2.98. The van der Waals surface area contributed by atoms with Gasteiger partial charge in [0, 0.05) is 12.6 Å². The van der Waals surface area contributed by atoms with Crippen LogP contribution in [0.2, 0.25) is 0 Å². The van der Waals surface area contributed by atoms with Gasteiger partial charge in [-0.05, 0) is 31.1 Å². The number of hydrogen-bond acceptors (Lipinski definition) is 2. The van der Waals surface area contributed by atoms with Crippen LogP contribution in [0.4, 0.5) is 0 Å². The maximum absolute atomic E-state index is 12.2. The van der Waals surface area contributed by atoms with E-state index in [4.69, 9.17) is 0 Å². The van der Waals surface area contributed by atoms with Crippen molar-refractivity contribution in [2.75, 3.05) is 6.54 Å². The third kappa shape index (κ3) is 4.00. The zero-order valence-electron chi connectivity index (χ0n) is 10.9. The first kappa shape index (κ1) is 13.9. The number of hydrogen-bond donors (Lipinski definition) is 1. The first-order chi connectivity index (χ1) is 7.43. The van der Waals surface area contributed by atoms with E-state index in [-0.39, 0.29) is 11.2 Å². The molecule has 16 heavy (non-hydrogen) atoms. The maximum Gasteiger partial charge on any atom is 0.235 e. The molecule has 1 aliphatic carbocycles. The van der Waals surface area contributed by atoms with Gasteiger partial charge in [-0.25, -0.2) is 0 Å². The van der Waals surface area contributed by atoms with Crippen LogP contribution in [0.15, 0.2) is 0 Å². The summed E-state index contributed by atoms with van der Waals surface area (Å²) >= 11 is 4.43. The van der Waals surface area contributed by atoms with E-state index in [0.29, 0.717) is 17.9 Å². The number of carbonyl (C=O) groups excluding carboxylic acids is 1. The summed E-state index contributed by atoms with van der Waals surface area (Å²) < 4.78 is 0. The Balaban J connectivity index is 2.52. The molecule has 3 heteroatoms. The van der Waals surface area contributed by atoms with E-state index < -0.39 is 0 Å². The largest absolute Gasteiger partial charge is 0.339 e. The quantitative estimate of drug-likeness (QED) is 0.711. The molecule has 1 fully saturated rings. The highest BCUT2D eigenvalue weighted by molar-refractivity contribution is 7.81. The maximum atomic E-state index is 12.2. The van der Waals surface area contributed by atoms with E-state index in [9.17, 15) is 4.79 Å². The summed E-state index contributed by atoms with van der Waals surface area (Å²) in [6.07, 6.45) is 3.46. The van der Waals surface area contributed by atoms with Crippen LogP contribution < -0.4 is 0 Å². The lowest BCUT2D eigenvalue weighted by Crippen LogP contribution is -2.41. The van der Waals surface area contributed by atoms with Crippen molar-refractivity contribution in [3.63, 3.8) is 0 Å². The number of amides is 1. The lowest BCUT2D eigenvalue weighted by molar-refractivity contribution is -0.132. The monoisotopic (exact) mass is 243 g/mol. The highest BCUT2D eigenvalue weighted by Gasteiger charge is 2.35. The molecule has 0 bridgehead atoms. The first-order valence-corrected chi connectivity index (χ1v) is 6.93. The van der Waals surface area contributed by atoms with E-state index in [1.165, 1.54) is 12.8 Å². The summed E-state index contributed by atoms with van der Waals surface area (Å²) in [5.41, 5.74) is 0. The van der Waals surface area contributed by atoms with Crippen LogP contribution in [-0.2, 0) is 4.79 Å². The second-order valence-electron chi connectivity index (χ2n) is 5.63. The van der Waals surface area contributed by atoms with E-state index in [2.05, 4.69) is 45.2 Å². The number of thiol groups is 1. The SMILES string of the molecule is CC(C)CCN(C(=O)C(S)C(C)C)C1CC1. The van der Waals surface area contributed by atoms with Gasteiger partial charge in [0.1, 0.15) is 0 Å². The average Bonchev–Trinajstić information content (AvgIpc) is 3.00. The summed E-state index contributed by atoms with van der Waals surface area (Å²) in [6, 6.07) is 0.514. The van der Waals surface area contributed by atoms with Crippen molar-refractivity contribution in [1.29, 1.82) is 0 Å². The number of nitrogens with zero attached hydrogens (tertiary/aromatic N) is 1. The molecule has 0 saturated heterocycles. The molecule has 0 N–H and O–H groups in total. The van der Waals surface area contributed by atoms with Crippen molar-refractivity contribution in [2.45, 2.75) is 58.2 Å². The first-order valence-electron chi connectivity index (χ1n) is 6.42. The highest BCUT2D eigenvalue weighted by atomic mass is 32.1. The molecule has 0 aliphatic heterocycles. The topological polar surface area (TPSA) is 20.3 Å². The Morgan fingerprint density at radius 2 is 1.88 bits per heavy atom. The van der Waals surface area contributed by atoms with Gasteiger partial charge in [-0.1, -0.05) is 27.7 Å². The molecule has 0 heterocycles. The molecule has 0 aromatic rings. The van der Waals surface area contributed by atoms with E-state index in [0.717, 1.165) is 13.0 Å². The minimum Gasteiger partial charge on any atom is -0.339 e. The molecule has 0 aromatic heterocycles. The third-order valence-corrected chi connectivity index (χ3v) is 3.92. The molecular formula is C13H25NOS.